The molecule has 100 valence electrons. The van der Waals surface area contributed by atoms with E-state index in [1.165, 1.54) is 12.1 Å². The minimum absolute atomic E-state index is 0.117. The molecule has 1 aromatic carbocycles. The predicted octanol–water partition coefficient (Wildman–Crippen LogP) is 3.49. The number of rotatable bonds is 4. The van der Waals surface area contributed by atoms with Crippen molar-refractivity contribution in [1.82, 2.24) is 5.32 Å². The summed E-state index contributed by atoms with van der Waals surface area (Å²) >= 11 is 2.93. The number of carbonyl (C=O) groups is 1. The molecular formula is C11H11BrF3NO2. The van der Waals surface area contributed by atoms with Gasteiger partial charge in [0.2, 0.25) is 0 Å². The van der Waals surface area contributed by atoms with Gasteiger partial charge in [0.05, 0.1) is 4.47 Å². The van der Waals surface area contributed by atoms with Crippen LogP contribution >= 0.6 is 15.9 Å². The van der Waals surface area contributed by atoms with Crippen LogP contribution in [-0.2, 0) is 0 Å². The van der Waals surface area contributed by atoms with Crippen molar-refractivity contribution >= 4 is 21.8 Å². The van der Waals surface area contributed by atoms with Crippen LogP contribution in [0.5, 0.6) is 5.75 Å². The highest BCUT2D eigenvalue weighted by Crippen LogP contribution is 2.31. The number of halogens is 4. The van der Waals surface area contributed by atoms with E-state index in [4.69, 9.17) is 0 Å². The first kappa shape index (κ1) is 14.8. The molecule has 1 N–H and O–H groups in total. The second kappa shape index (κ2) is 6.08. The number of carbonyl (C=O) groups excluding carboxylic acids is 1. The fraction of sp³-hybridized carbons (Fsp3) is 0.364. The Bertz CT molecular complexity index is 435. The molecule has 0 fully saturated rings. The molecule has 0 atom stereocenters. The number of benzene rings is 1. The summed E-state index contributed by atoms with van der Waals surface area (Å²) < 4.78 is 40.3. The summed E-state index contributed by atoms with van der Waals surface area (Å²) in [6.07, 6.45) is -4.05. The van der Waals surface area contributed by atoms with Gasteiger partial charge < -0.3 is 10.1 Å². The summed E-state index contributed by atoms with van der Waals surface area (Å²) in [5.41, 5.74) is 0.117. The summed E-state index contributed by atoms with van der Waals surface area (Å²) in [6, 6.07) is 3.79. The molecule has 0 spiro atoms. The number of alkyl halides is 3. The van der Waals surface area contributed by atoms with Gasteiger partial charge in [0.15, 0.2) is 0 Å². The maximum atomic E-state index is 12.1. The van der Waals surface area contributed by atoms with Crippen molar-refractivity contribution in [3.05, 3.63) is 28.2 Å². The van der Waals surface area contributed by atoms with Gasteiger partial charge in [-0.05, 0) is 40.5 Å². The largest absolute Gasteiger partial charge is 0.573 e. The molecule has 0 saturated heterocycles. The normalized spacial score (nSPS) is 11.2. The Morgan fingerprint density at radius 1 is 1.44 bits per heavy atom. The zero-order chi connectivity index (χ0) is 13.8. The molecule has 0 radical (unpaired) electrons. The quantitative estimate of drug-likeness (QED) is 0.920. The standard InChI is InChI=1S/C11H11BrF3NO2/c1-2-5-16-10(17)7-3-4-8(12)9(6-7)18-11(13,14)15/h3-4,6H,2,5H2,1H3,(H,16,17). The smallest absolute Gasteiger partial charge is 0.405 e. The molecule has 0 heterocycles. The topological polar surface area (TPSA) is 38.3 Å². The van der Waals surface area contributed by atoms with E-state index in [9.17, 15) is 18.0 Å². The summed E-state index contributed by atoms with van der Waals surface area (Å²) in [4.78, 5) is 11.6. The number of ether oxygens (including phenoxy) is 1. The Morgan fingerprint density at radius 3 is 2.67 bits per heavy atom. The van der Waals surface area contributed by atoms with Crippen LogP contribution in [-0.4, -0.2) is 18.8 Å². The highest BCUT2D eigenvalue weighted by molar-refractivity contribution is 9.10. The van der Waals surface area contributed by atoms with Crippen molar-refractivity contribution in [1.29, 1.82) is 0 Å². The molecule has 0 aliphatic carbocycles. The van der Waals surface area contributed by atoms with E-state index < -0.39 is 18.0 Å². The fourth-order valence-electron chi connectivity index (χ4n) is 1.19. The number of nitrogens with one attached hydrogen (secondary N) is 1. The summed E-state index contributed by atoms with van der Waals surface area (Å²) in [7, 11) is 0. The molecule has 0 bridgehead atoms. The van der Waals surface area contributed by atoms with Crippen LogP contribution in [0, 0.1) is 0 Å². The third kappa shape index (κ3) is 4.56. The monoisotopic (exact) mass is 325 g/mol. The first-order valence-corrected chi connectivity index (χ1v) is 5.96. The number of hydrogen-bond donors (Lipinski definition) is 1. The second-order valence-corrected chi connectivity index (χ2v) is 4.30. The van der Waals surface area contributed by atoms with E-state index >= 15 is 0 Å². The third-order valence-electron chi connectivity index (χ3n) is 1.95. The van der Waals surface area contributed by atoms with Crippen LogP contribution in [0.25, 0.3) is 0 Å². The number of hydrogen-bond acceptors (Lipinski definition) is 2. The molecule has 0 aliphatic rings. The maximum Gasteiger partial charge on any atom is 0.573 e. The molecular weight excluding hydrogens is 315 g/mol. The molecule has 18 heavy (non-hydrogen) atoms. The van der Waals surface area contributed by atoms with E-state index in [0.717, 1.165) is 12.5 Å². The minimum Gasteiger partial charge on any atom is -0.405 e. The lowest BCUT2D eigenvalue weighted by molar-refractivity contribution is -0.274. The number of amides is 1. The molecule has 1 rings (SSSR count). The lowest BCUT2D eigenvalue weighted by atomic mass is 10.2. The van der Waals surface area contributed by atoms with Gasteiger partial charge in [0.1, 0.15) is 5.75 Å². The van der Waals surface area contributed by atoms with E-state index in [-0.39, 0.29) is 10.0 Å². The van der Waals surface area contributed by atoms with E-state index in [0.29, 0.717) is 6.54 Å². The molecule has 0 unspecified atom stereocenters. The highest BCUT2D eigenvalue weighted by atomic mass is 79.9. The molecule has 0 aromatic heterocycles. The van der Waals surface area contributed by atoms with Crippen molar-refractivity contribution in [2.75, 3.05) is 6.54 Å². The van der Waals surface area contributed by atoms with Crippen LogP contribution in [0.3, 0.4) is 0 Å². The van der Waals surface area contributed by atoms with Crippen molar-refractivity contribution in [2.24, 2.45) is 0 Å². The van der Waals surface area contributed by atoms with E-state index in [2.05, 4.69) is 26.0 Å². The Balaban J connectivity index is 2.90. The van der Waals surface area contributed by atoms with Crippen molar-refractivity contribution in [3.63, 3.8) is 0 Å². The Kier molecular flexibility index (Phi) is 5.01. The molecule has 0 aliphatic heterocycles. The molecule has 7 heteroatoms. The van der Waals surface area contributed by atoms with E-state index in [1.54, 1.807) is 0 Å². The summed E-state index contributed by atoms with van der Waals surface area (Å²) in [5, 5.41) is 2.57. The van der Waals surface area contributed by atoms with Crippen molar-refractivity contribution in [3.8, 4) is 5.75 Å². The molecule has 1 amide bonds. The van der Waals surface area contributed by atoms with Gasteiger partial charge in [-0.1, -0.05) is 6.92 Å². The van der Waals surface area contributed by atoms with Crippen molar-refractivity contribution < 1.29 is 22.7 Å². The van der Waals surface area contributed by atoms with Crippen LogP contribution in [0.15, 0.2) is 22.7 Å². The van der Waals surface area contributed by atoms with Crippen LogP contribution in [0.4, 0.5) is 13.2 Å². The summed E-state index contributed by atoms with van der Waals surface area (Å²) in [6.45, 7) is 2.34. The highest BCUT2D eigenvalue weighted by Gasteiger charge is 2.32. The zero-order valence-corrected chi connectivity index (χ0v) is 11.1. The first-order valence-electron chi connectivity index (χ1n) is 5.17. The van der Waals surface area contributed by atoms with Gasteiger partial charge >= 0.3 is 6.36 Å². The van der Waals surface area contributed by atoms with Crippen LogP contribution in [0.1, 0.15) is 23.7 Å². The van der Waals surface area contributed by atoms with E-state index in [1.807, 2.05) is 6.92 Å². The first-order chi connectivity index (χ1) is 8.33. The van der Waals surface area contributed by atoms with Gasteiger partial charge in [0.25, 0.3) is 5.91 Å². The SMILES string of the molecule is CCCNC(=O)c1ccc(Br)c(OC(F)(F)F)c1. The predicted molar refractivity (Wildman–Crippen MR) is 63.4 cm³/mol. The van der Waals surface area contributed by atoms with Gasteiger partial charge in [-0.25, -0.2) is 0 Å². The molecule has 3 nitrogen and oxygen atoms in total. The van der Waals surface area contributed by atoms with Gasteiger partial charge in [-0.3, -0.25) is 4.79 Å². The fourth-order valence-corrected chi connectivity index (χ4v) is 1.52. The summed E-state index contributed by atoms with van der Waals surface area (Å²) in [5.74, 6) is -0.872. The van der Waals surface area contributed by atoms with Crippen LogP contribution < -0.4 is 10.1 Å². The molecule has 0 saturated carbocycles. The Hall–Kier alpha value is -1.24. The van der Waals surface area contributed by atoms with Gasteiger partial charge in [-0.15, -0.1) is 13.2 Å². The van der Waals surface area contributed by atoms with Gasteiger partial charge in [0, 0.05) is 12.1 Å². The maximum absolute atomic E-state index is 12.1. The lowest BCUT2D eigenvalue weighted by Crippen LogP contribution is -2.24. The minimum atomic E-state index is -4.79. The second-order valence-electron chi connectivity index (χ2n) is 3.45. The molecule has 1 aromatic rings. The third-order valence-corrected chi connectivity index (χ3v) is 2.61. The van der Waals surface area contributed by atoms with Crippen molar-refractivity contribution in [2.45, 2.75) is 19.7 Å². The Labute approximate surface area is 110 Å². The average molecular weight is 326 g/mol. The van der Waals surface area contributed by atoms with Gasteiger partial charge in [-0.2, -0.15) is 0 Å². The lowest BCUT2D eigenvalue weighted by Gasteiger charge is -2.12. The average Bonchev–Trinajstić information content (AvgIpc) is 2.27. The Morgan fingerprint density at radius 2 is 2.11 bits per heavy atom. The van der Waals surface area contributed by atoms with Crippen LogP contribution in [0.2, 0.25) is 0 Å². The zero-order valence-electron chi connectivity index (χ0n) is 9.47.